The molecule has 12 heteroatoms. The molecule has 2 heterocycles. The van der Waals surface area contributed by atoms with Gasteiger partial charge in [-0.1, -0.05) is 0 Å². The lowest BCUT2D eigenvalue weighted by Gasteiger charge is -2.48. The minimum absolute atomic E-state index is 0.0665. The van der Waals surface area contributed by atoms with Gasteiger partial charge in [-0.15, -0.1) is 0 Å². The van der Waals surface area contributed by atoms with Crippen LogP contribution in [0.5, 0.6) is 0 Å². The SMILES string of the molecule is CN[C@@H]1[C@@H](O)[C@@H](O[C@@H]2[C@@H](O)[C@H](O[C@H]3O[C@H](CN)CC[C@H]3N)[C@@H](N)C[C@H]2N)OCC1(C)O. The highest BCUT2D eigenvalue weighted by Gasteiger charge is 2.50. The lowest BCUT2D eigenvalue weighted by Crippen LogP contribution is -2.68. The van der Waals surface area contributed by atoms with E-state index in [2.05, 4.69) is 5.32 Å². The van der Waals surface area contributed by atoms with Crippen LogP contribution < -0.4 is 28.3 Å². The zero-order valence-corrected chi connectivity index (χ0v) is 18.2. The van der Waals surface area contributed by atoms with Gasteiger partial charge in [-0.25, -0.2) is 0 Å². The number of ether oxygens (including phenoxy) is 4. The molecule has 31 heavy (non-hydrogen) atoms. The molecule has 0 radical (unpaired) electrons. The number of hydrogen-bond acceptors (Lipinski definition) is 12. The molecule has 0 bridgehead atoms. The third kappa shape index (κ3) is 5.37. The van der Waals surface area contributed by atoms with E-state index in [9.17, 15) is 15.3 Å². The summed E-state index contributed by atoms with van der Waals surface area (Å²) in [5, 5.41) is 34.9. The first kappa shape index (κ1) is 25.1. The van der Waals surface area contributed by atoms with E-state index in [1.807, 2.05) is 0 Å². The van der Waals surface area contributed by atoms with Crippen LogP contribution in [0.15, 0.2) is 0 Å². The molecule has 12 N–H and O–H groups in total. The summed E-state index contributed by atoms with van der Waals surface area (Å²) >= 11 is 0. The second-order valence-electron chi connectivity index (χ2n) is 9.15. The number of aliphatic hydroxyl groups is 3. The predicted molar refractivity (Wildman–Crippen MR) is 110 cm³/mol. The molecule has 3 fully saturated rings. The molecule has 1 saturated carbocycles. The molecule has 1 aliphatic carbocycles. The van der Waals surface area contributed by atoms with Gasteiger partial charge < -0.3 is 62.5 Å². The van der Waals surface area contributed by atoms with Crippen molar-refractivity contribution in [3.05, 3.63) is 0 Å². The van der Waals surface area contributed by atoms with Crippen molar-refractivity contribution in [2.24, 2.45) is 22.9 Å². The van der Waals surface area contributed by atoms with E-state index in [1.54, 1.807) is 14.0 Å². The molecule has 3 rings (SSSR count). The van der Waals surface area contributed by atoms with Crippen LogP contribution >= 0.6 is 0 Å². The zero-order valence-electron chi connectivity index (χ0n) is 18.2. The monoisotopic (exact) mass is 449 g/mol. The van der Waals surface area contributed by atoms with E-state index in [-0.39, 0.29) is 18.8 Å². The number of aliphatic hydroxyl groups excluding tert-OH is 2. The van der Waals surface area contributed by atoms with Gasteiger partial charge in [-0.3, -0.25) is 0 Å². The van der Waals surface area contributed by atoms with Crippen molar-refractivity contribution in [1.82, 2.24) is 5.32 Å². The van der Waals surface area contributed by atoms with Crippen LogP contribution in [0.4, 0.5) is 0 Å². The van der Waals surface area contributed by atoms with E-state index in [0.717, 1.165) is 6.42 Å². The highest BCUT2D eigenvalue weighted by molar-refractivity contribution is 5.01. The summed E-state index contributed by atoms with van der Waals surface area (Å²) in [6.45, 7) is 1.83. The van der Waals surface area contributed by atoms with Gasteiger partial charge >= 0.3 is 0 Å². The Morgan fingerprint density at radius 3 is 2.19 bits per heavy atom. The Labute approximate surface area is 182 Å². The second kappa shape index (κ2) is 10.2. The van der Waals surface area contributed by atoms with Crippen LogP contribution in [0.2, 0.25) is 0 Å². The molecule has 1 unspecified atom stereocenters. The van der Waals surface area contributed by atoms with Crippen LogP contribution in [-0.2, 0) is 18.9 Å². The topological polar surface area (TPSA) is 214 Å². The average molecular weight is 450 g/mol. The first-order valence-electron chi connectivity index (χ1n) is 10.9. The van der Waals surface area contributed by atoms with Crippen LogP contribution in [0.25, 0.3) is 0 Å². The molecule has 0 aromatic heterocycles. The maximum absolute atomic E-state index is 11.0. The van der Waals surface area contributed by atoms with Crippen molar-refractivity contribution >= 4 is 0 Å². The van der Waals surface area contributed by atoms with E-state index >= 15 is 0 Å². The van der Waals surface area contributed by atoms with Crippen molar-refractivity contribution in [3.8, 4) is 0 Å². The molecule has 182 valence electrons. The summed E-state index contributed by atoms with van der Waals surface area (Å²) in [5.41, 5.74) is 23.0. The maximum Gasteiger partial charge on any atom is 0.185 e. The van der Waals surface area contributed by atoms with Crippen molar-refractivity contribution in [2.45, 2.75) is 99.1 Å². The predicted octanol–water partition coefficient (Wildman–Crippen LogP) is -3.98. The van der Waals surface area contributed by atoms with Gasteiger partial charge in [0.25, 0.3) is 0 Å². The van der Waals surface area contributed by atoms with Gasteiger partial charge in [-0.05, 0) is 33.2 Å². The zero-order chi connectivity index (χ0) is 22.9. The van der Waals surface area contributed by atoms with Gasteiger partial charge in [-0.2, -0.15) is 0 Å². The lowest BCUT2D eigenvalue weighted by atomic mass is 9.84. The Morgan fingerprint density at radius 1 is 1.00 bits per heavy atom. The molecule has 0 spiro atoms. The summed E-state index contributed by atoms with van der Waals surface area (Å²) in [7, 11) is 1.62. The Bertz CT molecular complexity index is 588. The highest BCUT2D eigenvalue weighted by Crippen LogP contribution is 2.31. The molecule has 12 atom stereocenters. The smallest absolute Gasteiger partial charge is 0.185 e. The minimum Gasteiger partial charge on any atom is -0.388 e. The van der Waals surface area contributed by atoms with E-state index in [0.29, 0.717) is 19.4 Å². The van der Waals surface area contributed by atoms with Gasteiger partial charge in [0, 0.05) is 18.6 Å². The Morgan fingerprint density at radius 2 is 1.61 bits per heavy atom. The largest absolute Gasteiger partial charge is 0.388 e. The first-order chi connectivity index (χ1) is 14.6. The van der Waals surface area contributed by atoms with Crippen LogP contribution in [0.1, 0.15) is 26.2 Å². The van der Waals surface area contributed by atoms with Crippen molar-refractivity contribution in [2.75, 3.05) is 20.2 Å². The van der Waals surface area contributed by atoms with Crippen LogP contribution in [0.3, 0.4) is 0 Å². The Hall–Kier alpha value is -0.480. The third-order valence-electron chi connectivity index (χ3n) is 6.55. The number of rotatable bonds is 6. The second-order valence-corrected chi connectivity index (χ2v) is 9.15. The molecule has 3 aliphatic rings. The minimum atomic E-state index is -1.29. The normalized spacial score (nSPS) is 51.6. The standard InChI is InChI=1S/C19H39N5O7/c1-19(27)7-28-18(13(26)16(19)24-2)31-15-11(23)5-10(22)14(12(15)25)30-17-9(21)4-3-8(6-20)29-17/h8-18,24-27H,3-7,20-23H2,1-2H3/t8-,9+,10-,11+,12-,13+,14+,15-,16+,17+,18+,19?/m0/s1. The molecule has 12 nitrogen and oxygen atoms in total. The molecule has 2 saturated heterocycles. The Kier molecular flexibility index (Phi) is 8.27. The van der Waals surface area contributed by atoms with Crippen molar-refractivity contribution in [3.63, 3.8) is 0 Å². The molecule has 2 aliphatic heterocycles. The molecular weight excluding hydrogens is 410 g/mol. The van der Waals surface area contributed by atoms with Gasteiger partial charge in [0.15, 0.2) is 12.6 Å². The summed E-state index contributed by atoms with van der Waals surface area (Å²) in [4.78, 5) is 0. The summed E-state index contributed by atoms with van der Waals surface area (Å²) < 4.78 is 23.3. The lowest BCUT2D eigenvalue weighted by molar-refractivity contribution is -0.306. The number of nitrogens with two attached hydrogens (primary N) is 4. The molecule has 0 aromatic carbocycles. The number of likely N-dealkylation sites (N-methyl/N-ethyl adjacent to an activating group) is 1. The van der Waals surface area contributed by atoms with Crippen molar-refractivity contribution < 1.29 is 34.3 Å². The van der Waals surface area contributed by atoms with Gasteiger partial charge in [0.05, 0.1) is 24.8 Å². The molecular formula is C19H39N5O7. The van der Waals surface area contributed by atoms with Gasteiger partial charge in [0.2, 0.25) is 0 Å². The summed E-state index contributed by atoms with van der Waals surface area (Å²) in [6, 6.07) is -2.26. The van der Waals surface area contributed by atoms with E-state index in [4.69, 9.17) is 41.9 Å². The van der Waals surface area contributed by atoms with Crippen LogP contribution in [0, 0.1) is 0 Å². The average Bonchev–Trinajstić information content (AvgIpc) is 2.71. The summed E-state index contributed by atoms with van der Waals surface area (Å²) in [6.07, 6.45) is -4.48. The van der Waals surface area contributed by atoms with E-state index in [1.165, 1.54) is 0 Å². The van der Waals surface area contributed by atoms with Crippen molar-refractivity contribution in [1.29, 1.82) is 0 Å². The fourth-order valence-corrected chi connectivity index (χ4v) is 4.69. The fraction of sp³-hybridized carbons (Fsp3) is 1.00. The Balaban J connectivity index is 1.68. The van der Waals surface area contributed by atoms with E-state index < -0.39 is 60.7 Å². The van der Waals surface area contributed by atoms with Gasteiger partial charge in [0.1, 0.15) is 30.0 Å². The number of hydrogen-bond donors (Lipinski definition) is 8. The fourth-order valence-electron chi connectivity index (χ4n) is 4.69. The third-order valence-corrected chi connectivity index (χ3v) is 6.55. The number of nitrogens with one attached hydrogen (secondary N) is 1. The molecule has 0 aromatic rings. The highest BCUT2D eigenvalue weighted by atomic mass is 16.7. The van der Waals surface area contributed by atoms with Crippen LogP contribution in [-0.4, -0.2) is 108 Å². The quantitative estimate of drug-likeness (QED) is 0.195. The first-order valence-corrected chi connectivity index (χ1v) is 10.9. The summed E-state index contributed by atoms with van der Waals surface area (Å²) in [5.74, 6) is 0. The maximum atomic E-state index is 11.0. The molecule has 0 amide bonds.